The van der Waals surface area contributed by atoms with Gasteiger partial charge in [0.05, 0.1) is 4.92 Å². The van der Waals surface area contributed by atoms with Gasteiger partial charge in [0, 0.05) is 22.3 Å². The monoisotopic (exact) mass is 267 g/mol. The van der Waals surface area contributed by atoms with Crippen molar-refractivity contribution in [2.45, 2.75) is 25.7 Å². The Morgan fingerprint density at radius 3 is 2.28 bits per heavy atom. The van der Waals surface area contributed by atoms with Crippen LogP contribution >= 0.6 is 0 Å². The highest BCUT2D eigenvalue weighted by molar-refractivity contribution is 7.98. The maximum absolute atomic E-state index is 12.2. The van der Waals surface area contributed by atoms with Crippen LogP contribution < -0.4 is 0 Å². The van der Waals surface area contributed by atoms with Gasteiger partial charge in [-0.15, -0.1) is 0 Å². The zero-order valence-corrected chi connectivity index (χ0v) is 10.5. The predicted molar refractivity (Wildman–Crippen MR) is 67.8 cm³/mol. The number of nitro groups is 1. The standard InChI is InChI=1S/C12H13NO4S/c14-13(15)10-6-8-12(9-7-10)18(16,17)11-4-2-1-3-5-11/h1-2,4,6,8H,3,5,7,9H2. The summed E-state index contributed by atoms with van der Waals surface area (Å²) in [7, 11) is -3.43. The molecule has 0 unspecified atom stereocenters. The van der Waals surface area contributed by atoms with E-state index in [0.29, 0.717) is 17.7 Å². The molecular formula is C12H13NO4S. The van der Waals surface area contributed by atoms with Gasteiger partial charge in [-0.1, -0.05) is 12.2 Å². The van der Waals surface area contributed by atoms with E-state index in [1.807, 2.05) is 6.08 Å². The smallest absolute Gasteiger partial charge is 0.246 e. The lowest BCUT2D eigenvalue weighted by Gasteiger charge is -2.14. The van der Waals surface area contributed by atoms with E-state index < -0.39 is 14.8 Å². The number of rotatable bonds is 3. The molecule has 2 rings (SSSR count). The van der Waals surface area contributed by atoms with Gasteiger partial charge in [-0.3, -0.25) is 10.1 Å². The SMILES string of the molecule is O=[N+]([O-])C1=CC=C(S(=O)(=O)C2=CC=CCC2)CC1. The molecule has 0 saturated heterocycles. The van der Waals surface area contributed by atoms with Crippen molar-refractivity contribution in [3.8, 4) is 0 Å². The Morgan fingerprint density at radius 2 is 1.78 bits per heavy atom. The van der Waals surface area contributed by atoms with Crippen molar-refractivity contribution in [2.24, 2.45) is 0 Å². The lowest BCUT2D eigenvalue weighted by atomic mass is 10.1. The first-order chi connectivity index (χ1) is 8.51. The van der Waals surface area contributed by atoms with Gasteiger partial charge in [-0.2, -0.15) is 0 Å². The van der Waals surface area contributed by atoms with Crippen LogP contribution in [-0.2, 0) is 9.84 Å². The van der Waals surface area contributed by atoms with Crippen LogP contribution in [0.2, 0.25) is 0 Å². The maximum atomic E-state index is 12.2. The van der Waals surface area contributed by atoms with Crippen molar-refractivity contribution in [3.63, 3.8) is 0 Å². The summed E-state index contributed by atoms with van der Waals surface area (Å²) in [6.45, 7) is 0. The number of hydrogen-bond acceptors (Lipinski definition) is 4. The largest absolute Gasteiger partial charge is 0.259 e. The quantitative estimate of drug-likeness (QED) is 0.581. The molecule has 5 nitrogen and oxygen atoms in total. The molecule has 0 aromatic heterocycles. The number of allylic oxidation sites excluding steroid dienone is 8. The molecule has 0 heterocycles. The molecule has 0 radical (unpaired) electrons. The molecule has 0 aromatic rings. The molecule has 0 spiro atoms. The van der Waals surface area contributed by atoms with E-state index in [9.17, 15) is 18.5 Å². The van der Waals surface area contributed by atoms with Gasteiger partial charge < -0.3 is 0 Å². The fourth-order valence-corrected chi connectivity index (χ4v) is 3.56. The molecule has 0 aliphatic heterocycles. The third-order valence-electron chi connectivity index (χ3n) is 2.99. The van der Waals surface area contributed by atoms with Crippen LogP contribution in [0.1, 0.15) is 25.7 Å². The van der Waals surface area contributed by atoms with Crippen LogP contribution in [0.25, 0.3) is 0 Å². The molecule has 0 fully saturated rings. The van der Waals surface area contributed by atoms with Gasteiger partial charge in [0.1, 0.15) is 0 Å². The number of sulfone groups is 1. The fourth-order valence-electron chi connectivity index (χ4n) is 1.96. The molecule has 2 aliphatic carbocycles. The zero-order chi connectivity index (χ0) is 13.2. The summed E-state index contributed by atoms with van der Waals surface area (Å²) in [6, 6.07) is 0. The van der Waals surface area contributed by atoms with Crippen LogP contribution in [0, 0.1) is 10.1 Å². The minimum Gasteiger partial charge on any atom is -0.259 e. The Bertz CT molecular complexity index is 594. The van der Waals surface area contributed by atoms with E-state index in [-0.39, 0.29) is 23.4 Å². The second kappa shape index (κ2) is 4.89. The van der Waals surface area contributed by atoms with Crippen LogP contribution in [-0.4, -0.2) is 13.3 Å². The van der Waals surface area contributed by atoms with Crippen LogP contribution in [0.15, 0.2) is 45.9 Å². The van der Waals surface area contributed by atoms with E-state index in [2.05, 4.69) is 0 Å². The van der Waals surface area contributed by atoms with E-state index in [1.54, 1.807) is 12.2 Å². The van der Waals surface area contributed by atoms with E-state index in [1.165, 1.54) is 12.2 Å². The summed E-state index contributed by atoms with van der Waals surface area (Å²) < 4.78 is 24.5. The van der Waals surface area contributed by atoms with E-state index >= 15 is 0 Å². The second-order valence-electron chi connectivity index (χ2n) is 4.15. The molecule has 0 amide bonds. The predicted octanol–water partition coefficient (Wildman–Crippen LogP) is 2.47. The molecule has 0 N–H and O–H groups in total. The Labute approximate surface area is 105 Å². The lowest BCUT2D eigenvalue weighted by Crippen LogP contribution is -2.12. The molecule has 0 saturated carbocycles. The highest BCUT2D eigenvalue weighted by Gasteiger charge is 2.26. The van der Waals surface area contributed by atoms with Crippen LogP contribution in [0.3, 0.4) is 0 Å². The first kappa shape index (κ1) is 12.8. The topological polar surface area (TPSA) is 77.3 Å². The van der Waals surface area contributed by atoms with Crippen molar-refractivity contribution in [2.75, 3.05) is 0 Å². The molecule has 0 atom stereocenters. The average Bonchev–Trinajstić information content (AvgIpc) is 2.40. The van der Waals surface area contributed by atoms with Gasteiger partial charge in [-0.25, -0.2) is 8.42 Å². The summed E-state index contributed by atoms with van der Waals surface area (Å²) in [6.07, 6.45) is 9.49. The summed E-state index contributed by atoms with van der Waals surface area (Å²) in [5, 5.41) is 10.6. The average molecular weight is 267 g/mol. The Morgan fingerprint density at radius 1 is 1.06 bits per heavy atom. The van der Waals surface area contributed by atoms with Crippen molar-refractivity contribution in [1.29, 1.82) is 0 Å². The van der Waals surface area contributed by atoms with Gasteiger partial charge in [0.15, 0.2) is 9.84 Å². The van der Waals surface area contributed by atoms with Gasteiger partial charge >= 0.3 is 0 Å². The second-order valence-corrected chi connectivity index (χ2v) is 6.21. The molecule has 18 heavy (non-hydrogen) atoms. The summed E-state index contributed by atoms with van der Waals surface area (Å²) in [5.74, 6) is 0. The molecule has 0 aromatic carbocycles. The van der Waals surface area contributed by atoms with E-state index in [0.717, 1.165) is 0 Å². The van der Waals surface area contributed by atoms with E-state index in [4.69, 9.17) is 0 Å². The van der Waals surface area contributed by atoms with Crippen molar-refractivity contribution >= 4 is 9.84 Å². The molecular weight excluding hydrogens is 254 g/mol. The highest BCUT2D eigenvalue weighted by atomic mass is 32.2. The molecule has 96 valence electrons. The normalized spacial score (nSPS) is 19.9. The molecule has 6 heteroatoms. The lowest BCUT2D eigenvalue weighted by molar-refractivity contribution is -0.428. The van der Waals surface area contributed by atoms with Gasteiger partial charge in [0.25, 0.3) is 0 Å². The Hall–Kier alpha value is -1.69. The third-order valence-corrected chi connectivity index (χ3v) is 5.05. The highest BCUT2D eigenvalue weighted by Crippen LogP contribution is 2.30. The van der Waals surface area contributed by atoms with Crippen molar-refractivity contribution in [1.82, 2.24) is 0 Å². The van der Waals surface area contributed by atoms with Crippen LogP contribution in [0.4, 0.5) is 0 Å². The van der Waals surface area contributed by atoms with Gasteiger partial charge in [0.2, 0.25) is 5.70 Å². The minimum absolute atomic E-state index is 0.0615. The zero-order valence-electron chi connectivity index (χ0n) is 9.70. The molecule has 0 bridgehead atoms. The maximum Gasteiger partial charge on any atom is 0.246 e. The summed E-state index contributed by atoms with van der Waals surface area (Å²) >= 11 is 0. The first-order valence-corrected chi connectivity index (χ1v) is 7.15. The minimum atomic E-state index is -3.43. The van der Waals surface area contributed by atoms with Crippen molar-refractivity contribution in [3.05, 3.63) is 56.0 Å². The third kappa shape index (κ3) is 2.43. The van der Waals surface area contributed by atoms with Crippen LogP contribution in [0.5, 0.6) is 0 Å². The van der Waals surface area contributed by atoms with Gasteiger partial charge in [-0.05, 0) is 31.4 Å². The summed E-state index contributed by atoms with van der Waals surface area (Å²) in [5.41, 5.74) is 0.0615. The number of hydrogen-bond donors (Lipinski definition) is 0. The molecule has 2 aliphatic rings. The summed E-state index contributed by atoms with van der Waals surface area (Å²) in [4.78, 5) is 10.8. The fraction of sp³-hybridized carbons (Fsp3) is 0.333. The Balaban J connectivity index is 2.30. The first-order valence-electron chi connectivity index (χ1n) is 5.67. The van der Waals surface area contributed by atoms with Crippen molar-refractivity contribution < 1.29 is 13.3 Å². The Kier molecular flexibility index (Phi) is 3.47. The number of nitrogens with zero attached hydrogens (tertiary/aromatic N) is 1.